The number of carbonyl (C=O) groups excluding carboxylic acids is 2. The third-order valence-electron chi connectivity index (χ3n) is 6.68. The molecule has 256 valence electrons. The highest BCUT2D eigenvalue weighted by molar-refractivity contribution is 7.94. The first kappa shape index (κ1) is 39.1. The Morgan fingerprint density at radius 3 is 2.20 bits per heavy atom. The SMILES string of the molecule is CCCNC(=O)CCC(NC(=O)CN=S(=O)(c1cc([S+](O)O)cc(C(F)(F)F)c1)C1C=C(B(O)O)C=C(C(F)(F)F)C1C)C(=O)O. The van der Waals surface area contributed by atoms with Gasteiger partial charge in [0.15, 0.2) is 0 Å². The van der Waals surface area contributed by atoms with E-state index in [1.807, 2.05) is 5.32 Å². The molecule has 1 aliphatic carbocycles. The Balaban J connectivity index is 2.71. The summed E-state index contributed by atoms with van der Waals surface area (Å²) in [4.78, 5) is 34.5. The molecule has 0 spiro atoms. The predicted molar refractivity (Wildman–Crippen MR) is 154 cm³/mol. The van der Waals surface area contributed by atoms with Crippen LogP contribution in [-0.4, -0.2) is 83.9 Å². The molecule has 0 aromatic heterocycles. The summed E-state index contributed by atoms with van der Waals surface area (Å²) < 4.78 is 121. The van der Waals surface area contributed by atoms with Gasteiger partial charge in [-0.05, 0) is 24.4 Å². The fourth-order valence-corrected chi connectivity index (χ4v) is 7.46. The number of carbonyl (C=O) groups is 3. The van der Waals surface area contributed by atoms with Gasteiger partial charge >= 0.3 is 36.9 Å². The minimum Gasteiger partial charge on any atom is -0.480 e. The smallest absolute Gasteiger partial charge is 0.480 e. The molecule has 7 N–H and O–H groups in total. The maximum absolute atomic E-state index is 14.6. The Morgan fingerprint density at radius 2 is 1.70 bits per heavy atom. The van der Waals surface area contributed by atoms with Crippen LogP contribution in [0.1, 0.15) is 38.7 Å². The Labute approximate surface area is 262 Å². The van der Waals surface area contributed by atoms with Gasteiger partial charge in [-0.3, -0.25) is 9.59 Å². The molecule has 0 radical (unpaired) electrons. The normalized spacial score (nSPS) is 19.0. The molecule has 0 heterocycles. The van der Waals surface area contributed by atoms with Gasteiger partial charge in [-0.2, -0.15) is 35.4 Å². The Hall–Kier alpha value is -3.11. The van der Waals surface area contributed by atoms with Gasteiger partial charge < -0.3 is 25.8 Å². The molecule has 0 fully saturated rings. The minimum absolute atomic E-state index is 0.232. The molecule has 2 amide bonds. The van der Waals surface area contributed by atoms with Gasteiger partial charge in [0.05, 0.1) is 25.4 Å². The van der Waals surface area contributed by atoms with Gasteiger partial charge in [-0.25, -0.2) is 13.4 Å². The number of hydrogen-bond donors (Lipinski definition) is 7. The number of alkyl halides is 6. The molecule has 1 aliphatic rings. The fourth-order valence-electron chi connectivity index (χ4n) is 4.35. The lowest BCUT2D eigenvalue weighted by Gasteiger charge is -2.32. The van der Waals surface area contributed by atoms with E-state index in [4.69, 9.17) is 0 Å². The van der Waals surface area contributed by atoms with Crippen molar-refractivity contribution >= 4 is 46.1 Å². The zero-order valence-electron chi connectivity index (χ0n) is 24.1. The first-order valence-corrected chi connectivity index (χ1v) is 16.1. The van der Waals surface area contributed by atoms with E-state index in [1.165, 1.54) is 0 Å². The summed E-state index contributed by atoms with van der Waals surface area (Å²) in [7, 11) is -7.28. The maximum atomic E-state index is 14.6. The molecule has 46 heavy (non-hydrogen) atoms. The summed E-state index contributed by atoms with van der Waals surface area (Å²) in [6, 6.07) is -0.590. The average molecular weight is 706 g/mol. The second-order valence-corrected chi connectivity index (χ2v) is 13.5. The molecule has 0 saturated heterocycles. The predicted octanol–water partition coefficient (Wildman–Crippen LogP) is 2.78. The third kappa shape index (κ3) is 10.2. The van der Waals surface area contributed by atoms with Crippen molar-refractivity contribution in [2.45, 2.75) is 66.5 Å². The van der Waals surface area contributed by atoms with E-state index >= 15 is 0 Å². The zero-order chi connectivity index (χ0) is 35.2. The second-order valence-electron chi connectivity index (χ2n) is 10.0. The number of carboxylic acid groups (broad SMARTS) is 1. The molecular weight excluding hydrogens is 675 g/mol. The van der Waals surface area contributed by atoms with Crippen molar-refractivity contribution < 1.29 is 69.2 Å². The van der Waals surface area contributed by atoms with E-state index in [-0.39, 0.29) is 18.6 Å². The number of allylic oxidation sites excluding steroid dienone is 3. The summed E-state index contributed by atoms with van der Waals surface area (Å²) in [5.74, 6) is -5.29. The summed E-state index contributed by atoms with van der Waals surface area (Å²) in [6.07, 6.45) is -9.50. The summed E-state index contributed by atoms with van der Waals surface area (Å²) in [6.45, 7) is 1.68. The summed E-state index contributed by atoms with van der Waals surface area (Å²) in [5, 5.41) is 31.2. The van der Waals surface area contributed by atoms with Crippen LogP contribution in [-0.2, 0) is 41.7 Å². The first-order chi connectivity index (χ1) is 21.1. The second kappa shape index (κ2) is 15.7. The third-order valence-corrected chi connectivity index (χ3v) is 10.0. The number of rotatable bonds is 13. The highest BCUT2D eigenvalue weighted by atomic mass is 32.2. The van der Waals surface area contributed by atoms with Crippen LogP contribution in [0.3, 0.4) is 0 Å². The first-order valence-electron chi connectivity index (χ1n) is 13.3. The van der Waals surface area contributed by atoms with Gasteiger partial charge in [-0.15, -0.1) is 0 Å². The fraction of sp³-hybridized carbons (Fsp3) is 0.480. The molecule has 4 unspecified atom stereocenters. The van der Waals surface area contributed by atoms with Crippen molar-refractivity contribution in [1.29, 1.82) is 0 Å². The summed E-state index contributed by atoms with van der Waals surface area (Å²) >= 11 is -2.88. The number of halogens is 6. The van der Waals surface area contributed by atoms with Crippen LogP contribution in [0.15, 0.2) is 55.6 Å². The molecule has 2 rings (SSSR count). The molecule has 0 saturated carbocycles. The number of nitrogens with zero attached hydrogens (tertiary/aromatic N) is 1. The number of amides is 2. The maximum Gasteiger partial charge on any atom is 0.488 e. The van der Waals surface area contributed by atoms with E-state index in [0.717, 1.165) is 6.92 Å². The van der Waals surface area contributed by atoms with Gasteiger partial charge in [0.2, 0.25) is 16.7 Å². The Kier molecular flexibility index (Phi) is 13.3. The van der Waals surface area contributed by atoms with Crippen LogP contribution in [0.2, 0.25) is 0 Å². The molecule has 21 heteroatoms. The van der Waals surface area contributed by atoms with Crippen LogP contribution in [0, 0.1) is 5.92 Å². The Bertz CT molecular complexity index is 1490. The van der Waals surface area contributed by atoms with Crippen LogP contribution in [0.4, 0.5) is 26.3 Å². The van der Waals surface area contributed by atoms with Gasteiger partial charge in [0, 0.05) is 36.6 Å². The lowest BCUT2D eigenvalue weighted by Crippen LogP contribution is -2.43. The molecule has 1 aromatic carbocycles. The Morgan fingerprint density at radius 1 is 1.07 bits per heavy atom. The van der Waals surface area contributed by atoms with E-state index < -0.39 is 115 Å². The van der Waals surface area contributed by atoms with Crippen LogP contribution >= 0.6 is 0 Å². The highest BCUT2D eigenvalue weighted by Crippen LogP contribution is 2.42. The number of carboxylic acids is 1. The topological polar surface area (TPSA) is 206 Å². The molecular formula is C25H31BF6N3O9S2+. The van der Waals surface area contributed by atoms with Gasteiger partial charge in [0.25, 0.3) is 0 Å². The summed E-state index contributed by atoms with van der Waals surface area (Å²) in [5.41, 5.74) is -3.90. The molecule has 4 atom stereocenters. The molecule has 0 aliphatic heterocycles. The molecule has 1 aromatic rings. The van der Waals surface area contributed by atoms with Crippen molar-refractivity contribution in [1.82, 2.24) is 10.6 Å². The van der Waals surface area contributed by atoms with Gasteiger partial charge in [0.1, 0.15) is 12.6 Å². The van der Waals surface area contributed by atoms with Gasteiger partial charge in [-0.1, -0.05) is 26.0 Å². The minimum atomic E-state index is -5.20. The zero-order valence-corrected chi connectivity index (χ0v) is 25.8. The lowest BCUT2D eigenvalue weighted by atomic mass is 9.73. The monoisotopic (exact) mass is 706 g/mol. The molecule has 12 nitrogen and oxygen atoms in total. The number of benzene rings is 1. The quantitative estimate of drug-likeness (QED) is 0.0914. The lowest BCUT2D eigenvalue weighted by molar-refractivity contribution is -0.142. The number of aliphatic carboxylic acids is 1. The molecule has 0 bridgehead atoms. The van der Waals surface area contributed by atoms with Crippen molar-refractivity contribution in [2.75, 3.05) is 13.1 Å². The average Bonchev–Trinajstić information content (AvgIpc) is 2.95. The van der Waals surface area contributed by atoms with Crippen LogP contribution in [0.25, 0.3) is 0 Å². The number of nitrogens with one attached hydrogen (secondary N) is 2. The van der Waals surface area contributed by atoms with Crippen molar-refractivity contribution in [3.8, 4) is 0 Å². The van der Waals surface area contributed by atoms with E-state index in [9.17, 15) is 69.2 Å². The van der Waals surface area contributed by atoms with Crippen LogP contribution in [0.5, 0.6) is 0 Å². The van der Waals surface area contributed by atoms with Crippen LogP contribution < -0.4 is 10.6 Å². The number of hydrogen-bond acceptors (Lipinski definition) is 9. The van der Waals surface area contributed by atoms with Crippen molar-refractivity contribution in [3.05, 3.63) is 47.0 Å². The standard InChI is InChI=1S/C25H30BF6N3O9S2/c1-3-6-33-21(36)5-4-19(23(38)39)35-22(37)12-34-46(44,17-8-14(24(27,28)29)7-16(11-17)45(42)43)20-10-15(26(40)41)9-18(13(20)2)25(30,31)32/h7-11,13,19-20,40-43H,3-6,12H2,1-2H3,(H2-,33,35,36,37,38,39)/p+1. The van der Waals surface area contributed by atoms with Crippen molar-refractivity contribution in [2.24, 2.45) is 10.3 Å². The highest BCUT2D eigenvalue weighted by Gasteiger charge is 2.46. The van der Waals surface area contributed by atoms with E-state index in [1.54, 1.807) is 6.92 Å². The van der Waals surface area contributed by atoms with Crippen molar-refractivity contribution in [3.63, 3.8) is 0 Å². The van der Waals surface area contributed by atoms with E-state index in [2.05, 4.69) is 9.68 Å². The van der Waals surface area contributed by atoms with E-state index in [0.29, 0.717) is 31.2 Å². The largest absolute Gasteiger partial charge is 0.488 e.